The molecular formula is C26H36N4O2. The smallest absolute Gasteiger partial charge is 0.118 e. The number of nitrogens with one attached hydrogen (secondary N) is 2. The first-order valence-corrected chi connectivity index (χ1v) is 11.5. The normalized spacial score (nSPS) is 13.3. The number of methoxy groups -OCH3 is 1. The van der Waals surface area contributed by atoms with Crippen molar-refractivity contribution in [3.63, 3.8) is 0 Å². The number of nitrogens with zero attached hydrogens (tertiary/aromatic N) is 2. The Morgan fingerprint density at radius 3 is 2.41 bits per heavy atom. The van der Waals surface area contributed by atoms with Crippen molar-refractivity contribution < 1.29 is 9.84 Å². The average molecular weight is 437 g/mol. The van der Waals surface area contributed by atoms with Gasteiger partial charge in [0.05, 0.1) is 30.6 Å². The fourth-order valence-electron chi connectivity index (χ4n) is 4.01. The number of anilines is 1. The van der Waals surface area contributed by atoms with Gasteiger partial charge in [0.2, 0.25) is 0 Å². The minimum absolute atomic E-state index is 0.0200. The number of aromatic nitrogens is 1. The van der Waals surface area contributed by atoms with Crippen LogP contribution in [0.2, 0.25) is 0 Å². The van der Waals surface area contributed by atoms with E-state index in [0.717, 1.165) is 66.2 Å². The molecule has 0 spiro atoms. The molecule has 0 fully saturated rings. The third-order valence-electron chi connectivity index (χ3n) is 5.79. The van der Waals surface area contributed by atoms with Crippen LogP contribution in [0.15, 0.2) is 54.6 Å². The fraction of sp³-hybridized carbons (Fsp3) is 0.423. The van der Waals surface area contributed by atoms with Crippen molar-refractivity contribution in [2.24, 2.45) is 0 Å². The molecule has 172 valence electrons. The number of fused-ring (bicyclic) bond motifs is 1. The molecule has 6 nitrogen and oxygen atoms in total. The zero-order valence-corrected chi connectivity index (χ0v) is 19.6. The Balaban J connectivity index is 1.68. The van der Waals surface area contributed by atoms with Gasteiger partial charge in [-0.15, -0.1) is 0 Å². The number of aliphatic hydroxyl groups is 1. The topological polar surface area (TPSA) is 69.7 Å². The Labute approximate surface area is 191 Å². The van der Waals surface area contributed by atoms with Gasteiger partial charge in [-0.25, -0.2) is 4.98 Å². The highest BCUT2D eigenvalue weighted by atomic mass is 16.5. The summed E-state index contributed by atoms with van der Waals surface area (Å²) in [6.07, 6.45) is 0.506. The lowest BCUT2D eigenvalue weighted by molar-refractivity contribution is 0.0466. The van der Waals surface area contributed by atoms with E-state index in [1.807, 2.05) is 49.4 Å². The van der Waals surface area contributed by atoms with E-state index in [-0.39, 0.29) is 6.17 Å². The predicted octanol–water partition coefficient (Wildman–Crippen LogP) is 4.35. The van der Waals surface area contributed by atoms with Gasteiger partial charge in [0.1, 0.15) is 5.75 Å². The van der Waals surface area contributed by atoms with Crippen molar-refractivity contribution in [2.75, 3.05) is 38.6 Å². The van der Waals surface area contributed by atoms with Gasteiger partial charge in [0.25, 0.3) is 0 Å². The van der Waals surface area contributed by atoms with Crippen molar-refractivity contribution in [3.8, 4) is 17.0 Å². The second kappa shape index (κ2) is 11.8. The molecule has 2 aromatic carbocycles. The summed E-state index contributed by atoms with van der Waals surface area (Å²) >= 11 is 0. The van der Waals surface area contributed by atoms with E-state index in [4.69, 9.17) is 9.72 Å². The van der Waals surface area contributed by atoms with Crippen molar-refractivity contribution in [3.05, 3.63) is 54.6 Å². The first kappa shape index (κ1) is 24.0. The minimum Gasteiger partial charge on any atom is -0.497 e. The van der Waals surface area contributed by atoms with E-state index in [0.29, 0.717) is 0 Å². The first-order chi connectivity index (χ1) is 15.6. The maximum absolute atomic E-state index is 10.1. The molecule has 0 saturated heterocycles. The number of para-hydroxylation sites is 1. The molecule has 2 atom stereocenters. The second-order valence-corrected chi connectivity index (χ2v) is 7.94. The monoisotopic (exact) mass is 436 g/mol. The Kier molecular flexibility index (Phi) is 8.85. The van der Waals surface area contributed by atoms with Crippen LogP contribution in [0.5, 0.6) is 5.75 Å². The lowest BCUT2D eigenvalue weighted by atomic mass is 10.1. The van der Waals surface area contributed by atoms with Crippen LogP contribution in [-0.2, 0) is 0 Å². The van der Waals surface area contributed by atoms with Crippen LogP contribution in [0.1, 0.15) is 27.2 Å². The molecule has 1 aromatic heterocycles. The number of hydrogen-bond donors (Lipinski definition) is 3. The number of rotatable bonds is 12. The largest absolute Gasteiger partial charge is 0.497 e. The maximum atomic E-state index is 10.1. The Bertz CT molecular complexity index is 971. The van der Waals surface area contributed by atoms with Crippen LogP contribution in [-0.4, -0.2) is 60.5 Å². The lowest BCUT2D eigenvalue weighted by Gasteiger charge is -2.32. The summed E-state index contributed by atoms with van der Waals surface area (Å²) in [6.45, 7) is 9.57. The van der Waals surface area contributed by atoms with Gasteiger partial charge in [0.15, 0.2) is 0 Å². The number of ether oxygens (including phenoxy) is 1. The van der Waals surface area contributed by atoms with E-state index in [2.05, 4.69) is 41.5 Å². The molecular weight excluding hydrogens is 400 g/mol. The van der Waals surface area contributed by atoms with Gasteiger partial charge in [-0.3, -0.25) is 10.2 Å². The number of likely N-dealkylation sites (N-methyl/N-ethyl adjacent to an activating group) is 1. The van der Waals surface area contributed by atoms with E-state index < -0.39 is 6.10 Å². The Hall–Kier alpha value is -2.67. The molecule has 0 bridgehead atoms. The first-order valence-electron chi connectivity index (χ1n) is 11.5. The van der Waals surface area contributed by atoms with Crippen molar-refractivity contribution >= 4 is 16.6 Å². The molecule has 0 radical (unpaired) electrons. The Morgan fingerprint density at radius 1 is 1.03 bits per heavy atom. The van der Waals surface area contributed by atoms with Crippen LogP contribution in [0, 0.1) is 0 Å². The summed E-state index contributed by atoms with van der Waals surface area (Å²) in [6, 6.07) is 18.3. The molecule has 0 saturated carbocycles. The summed E-state index contributed by atoms with van der Waals surface area (Å²) in [5, 5.41) is 18.4. The minimum atomic E-state index is -0.418. The van der Waals surface area contributed by atoms with Gasteiger partial charge in [-0.1, -0.05) is 32.0 Å². The highest BCUT2D eigenvalue weighted by Crippen LogP contribution is 2.29. The highest BCUT2D eigenvalue weighted by Gasteiger charge is 2.19. The molecule has 1 heterocycles. The predicted molar refractivity (Wildman–Crippen MR) is 133 cm³/mol. The number of pyridine rings is 1. The quantitative estimate of drug-likeness (QED) is 0.290. The third kappa shape index (κ3) is 5.97. The molecule has 0 aliphatic rings. The second-order valence-electron chi connectivity index (χ2n) is 7.94. The van der Waals surface area contributed by atoms with Crippen molar-refractivity contribution in [1.29, 1.82) is 0 Å². The SMILES string of the molecule is CCN(CC)C(NCCCNc1cc(-c2ccc(OC)cc2)nc2ccccc12)C(C)O. The molecule has 6 heteroatoms. The van der Waals surface area contributed by atoms with Gasteiger partial charge in [-0.2, -0.15) is 0 Å². The molecule has 2 unspecified atom stereocenters. The van der Waals surface area contributed by atoms with Crippen molar-refractivity contribution in [2.45, 2.75) is 39.5 Å². The van der Waals surface area contributed by atoms with Crippen LogP contribution in [0.4, 0.5) is 5.69 Å². The van der Waals surface area contributed by atoms with Gasteiger partial charge in [-0.05, 0) is 69.4 Å². The maximum Gasteiger partial charge on any atom is 0.118 e. The lowest BCUT2D eigenvalue weighted by Crippen LogP contribution is -2.52. The molecule has 0 aliphatic carbocycles. The number of benzene rings is 2. The summed E-state index contributed by atoms with van der Waals surface area (Å²) in [5.74, 6) is 0.834. The standard InChI is InChI=1S/C26H36N4O2/c1-5-30(6-2)26(19(3)31)28-17-9-16-27-25-18-24(20-12-14-21(32-4)15-13-20)29-23-11-8-7-10-22(23)25/h7-8,10-15,18-19,26,28,31H,5-6,9,16-17H2,1-4H3,(H,27,29). The fourth-order valence-corrected chi connectivity index (χ4v) is 4.01. The van der Waals surface area contributed by atoms with Crippen LogP contribution >= 0.6 is 0 Å². The van der Waals surface area contributed by atoms with Gasteiger partial charge in [0, 0.05) is 23.2 Å². The van der Waals surface area contributed by atoms with Crippen molar-refractivity contribution in [1.82, 2.24) is 15.2 Å². The molecule has 32 heavy (non-hydrogen) atoms. The van der Waals surface area contributed by atoms with E-state index >= 15 is 0 Å². The van der Waals surface area contributed by atoms with Gasteiger partial charge >= 0.3 is 0 Å². The number of aliphatic hydroxyl groups excluding tert-OH is 1. The molecule has 3 rings (SSSR count). The summed E-state index contributed by atoms with van der Waals surface area (Å²) in [7, 11) is 1.67. The van der Waals surface area contributed by atoms with Gasteiger partial charge < -0.3 is 15.2 Å². The zero-order valence-electron chi connectivity index (χ0n) is 19.6. The molecule has 3 N–H and O–H groups in total. The zero-order chi connectivity index (χ0) is 22.9. The third-order valence-corrected chi connectivity index (χ3v) is 5.79. The molecule has 0 aliphatic heterocycles. The van der Waals surface area contributed by atoms with E-state index in [1.54, 1.807) is 7.11 Å². The Morgan fingerprint density at radius 2 is 1.75 bits per heavy atom. The molecule has 3 aromatic rings. The van der Waals surface area contributed by atoms with Crippen LogP contribution in [0.25, 0.3) is 22.2 Å². The van der Waals surface area contributed by atoms with Crippen LogP contribution in [0.3, 0.4) is 0 Å². The summed E-state index contributed by atoms with van der Waals surface area (Å²) in [4.78, 5) is 7.11. The summed E-state index contributed by atoms with van der Waals surface area (Å²) < 4.78 is 5.28. The molecule has 0 amide bonds. The summed E-state index contributed by atoms with van der Waals surface area (Å²) in [5.41, 5.74) is 4.04. The average Bonchev–Trinajstić information content (AvgIpc) is 2.83. The highest BCUT2D eigenvalue weighted by molar-refractivity contribution is 5.93. The number of hydrogen-bond acceptors (Lipinski definition) is 6. The van der Waals surface area contributed by atoms with Crippen LogP contribution < -0.4 is 15.4 Å². The van der Waals surface area contributed by atoms with E-state index in [1.165, 1.54) is 0 Å². The van der Waals surface area contributed by atoms with E-state index in [9.17, 15) is 5.11 Å².